The van der Waals surface area contributed by atoms with Crippen LogP contribution < -0.4 is 5.32 Å². The Morgan fingerprint density at radius 1 is 0.972 bits per heavy atom. The van der Waals surface area contributed by atoms with Gasteiger partial charge in [-0.2, -0.15) is 0 Å². The fourth-order valence-electron chi connectivity index (χ4n) is 5.69. The predicted octanol–water partition coefficient (Wildman–Crippen LogP) is 2.91. The average molecular weight is 488 g/mol. The lowest BCUT2D eigenvalue weighted by Crippen LogP contribution is -2.52. The Kier molecular flexibility index (Phi) is 5.72. The molecular weight excluding hydrogens is 461 g/mol. The molecule has 0 saturated carbocycles. The van der Waals surface area contributed by atoms with Gasteiger partial charge in [-0.25, -0.2) is 4.39 Å². The van der Waals surface area contributed by atoms with Crippen molar-refractivity contribution in [3.05, 3.63) is 70.8 Å². The van der Waals surface area contributed by atoms with Crippen molar-refractivity contribution in [3.8, 4) is 0 Å². The van der Waals surface area contributed by atoms with Crippen LogP contribution in [-0.4, -0.2) is 56.6 Å². The third-order valence-electron chi connectivity index (χ3n) is 7.61. The fraction of sp³-hybridized carbons (Fsp3) is 0.370. The first-order chi connectivity index (χ1) is 17.5. The first-order valence-corrected chi connectivity index (χ1v) is 12.4. The summed E-state index contributed by atoms with van der Waals surface area (Å²) in [6.07, 6.45) is 5.53. The number of benzene rings is 2. The fourth-order valence-corrected chi connectivity index (χ4v) is 5.69. The molecule has 1 aromatic heterocycles. The van der Waals surface area contributed by atoms with E-state index in [2.05, 4.69) is 32.3 Å². The van der Waals surface area contributed by atoms with Crippen LogP contribution in [0.5, 0.6) is 0 Å². The van der Waals surface area contributed by atoms with Gasteiger partial charge in [0.15, 0.2) is 0 Å². The van der Waals surface area contributed by atoms with Crippen LogP contribution in [0.25, 0.3) is 11.0 Å². The molecule has 2 saturated heterocycles. The SMILES string of the molecule is O=C1CCC(N2Cc3cc(C4CCN(Cc5ccc6nccnc6c5)CC4)c(F)cc3C2=O)C(=O)N1. The van der Waals surface area contributed by atoms with Crippen molar-refractivity contribution in [1.82, 2.24) is 25.1 Å². The van der Waals surface area contributed by atoms with Gasteiger partial charge < -0.3 is 4.90 Å². The zero-order valence-electron chi connectivity index (χ0n) is 19.7. The summed E-state index contributed by atoms with van der Waals surface area (Å²) >= 11 is 0. The molecule has 0 aliphatic carbocycles. The Hall–Kier alpha value is -3.72. The molecule has 1 N–H and O–H groups in total. The van der Waals surface area contributed by atoms with Gasteiger partial charge in [-0.05, 0) is 73.2 Å². The molecule has 0 bridgehead atoms. The zero-order chi connectivity index (χ0) is 24.8. The van der Waals surface area contributed by atoms with Crippen LogP contribution in [-0.2, 0) is 22.7 Å². The van der Waals surface area contributed by atoms with Crippen molar-refractivity contribution in [1.29, 1.82) is 0 Å². The lowest BCUT2D eigenvalue weighted by atomic mass is 9.87. The molecule has 2 aromatic carbocycles. The Bertz CT molecular complexity index is 1390. The highest BCUT2D eigenvalue weighted by molar-refractivity contribution is 6.05. The lowest BCUT2D eigenvalue weighted by molar-refractivity contribution is -0.136. The number of carbonyl (C=O) groups is 3. The monoisotopic (exact) mass is 487 g/mol. The number of hydrogen-bond acceptors (Lipinski definition) is 6. The van der Waals surface area contributed by atoms with E-state index in [4.69, 9.17) is 0 Å². The number of likely N-dealkylation sites (tertiary alicyclic amines) is 1. The van der Waals surface area contributed by atoms with Gasteiger partial charge in [-0.1, -0.05) is 12.1 Å². The molecule has 9 heteroatoms. The van der Waals surface area contributed by atoms with Gasteiger partial charge in [0.1, 0.15) is 11.9 Å². The van der Waals surface area contributed by atoms with Gasteiger partial charge in [0.05, 0.1) is 11.0 Å². The van der Waals surface area contributed by atoms with Crippen LogP contribution in [0, 0.1) is 5.82 Å². The summed E-state index contributed by atoms with van der Waals surface area (Å²) in [5, 5.41) is 2.30. The average Bonchev–Trinajstić information content (AvgIpc) is 3.19. The highest BCUT2D eigenvalue weighted by Gasteiger charge is 2.40. The summed E-state index contributed by atoms with van der Waals surface area (Å²) in [4.78, 5) is 49.2. The maximum absolute atomic E-state index is 15.2. The van der Waals surface area contributed by atoms with Crippen molar-refractivity contribution in [2.45, 2.75) is 50.7 Å². The van der Waals surface area contributed by atoms with Crippen LogP contribution in [0.3, 0.4) is 0 Å². The van der Waals surface area contributed by atoms with Crippen molar-refractivity contribution in [3.63, 3.8) is 0 Å². The second-order valence-electron chi connectivity index (χ2n) is 9.86. The van der Waals surface area contributed by atoms with Crippen LogP contribution in [0.1, 0.15) is 58.6 Å². The van der Waals surface area contributed by atoms with Crippen LogP contribution in [0.15, 0.2) is 42.7 Å². The molecule has 1 atom stereocenters. The van der Waals surface area contributed by atoms with E-state index in [0.717, 1.165) is 49.1 Å². The number of nitrogens with zero attached hydrogens (tertiary/aromatic N) is 4. The number of hydrogen-bond donors (Lipinski definition) is 1. The maximum atomic E-state index is 15.2. The van der Waals surface area contributed by atoms with Crippen LogP contribution in [0.2, 0.25) is 0 Å². The van der Waals surface area contributed by atoms with Crippen molar-refractivity contribution in [2.24, 2.45) is 0 Å². The Morgan fingerprint density at radius 2 is 1.75 bits per heavy atom. The number of imide groups is 1. The molecule has 8 nitrogen and oxygen atoms in total. The highest BCUT2D eigenvalue weighted by Crippen LogP contribution is 2.35. The summed E-state index contributed by atoms with van der Waals surface area (Å²) in [6, 6.07) is 8.59. The first kappa shape index (κ1) is 22.7. The van der Waals surface area contributed by atoms with E-state index < -0.39 is 11.9 Å². The molecule has 36 heavy (non-hydrogen) atoms. The first-order valence-electron chi connectivity index (χ1n) is 12.4. The van der Waals surface area contributed by atoms with E-state index in [1.807, 2.05) is 12.1 Å². The minimum atomic E-state index is -0.696. The van der Waals surface area contributed by atoms with E-state index >= 15 is 4.39 Å². The van der Waals surface area contributed by atoms with Gasteiger partial charge in [0.25, 0.3) is 5.91 Å². The summed E-state index contributed by atoms with van der Waals surface area (Å²) < 4.78 is 15.2. The maximum Gasteiger partial charge on any atom is 0.255 e. The van der Waals surface area contributed by atoms with Gasteiger partial charge in [-0.15, -0.1) is 0 Å². The van der Waals surface area contributed by atoms with Crippen molar-refractivity contribution in [2.75, 3.05) is 13.1 Å². The zero-order valence-corrected chi connectivity index (χ0v) is 19.7. The second-order valence-corrected chi connectivity index (χ2v) is 9.86. The molecule has 4 heterocycles. The molecule has 3 amide bonds. The molecule has 2 fully saturated rings. The van der Waals surface area contributed by atoms with Gasteiger partial charge >= 0.3 is 0 Å². The number of fused-ring (bicyclic) bond motifs is 2. The predicted molar refractivity (Wildman–Crippen MR) is 129 cm³/mol. The third kappa shape index (κ3) is 4.13. The Morgan fingerprint density at radius 3 is 2.53 bits per heavy atom. The molecule has 0 radical (unpaired) electrons. The molecule has 0 spiro atoms. The van der Waals surface area contributed by atoms with E-state index in [-0.39, 0.29) is 36.5 Å². The van der Waals surface area contributed by atoms with E-state index in [1.54, 1.807) is 12.4 Å². The number of carbonyl (C=O) groups excluding carboxylic acids is 3. The largest absolute Gasteiger partial charge is 0.322 e. The molecule has 3 aliphatic heterocycles. The number of rotatable bonds is 4. The number of nitrogens with one attached hydrogen (secondary N) is 1. The van der Waals surface area contributed by atoms with E-state index in [1.165, 1.54) is 16.5 Å². The summed E-state index contributed by atoms with van der Waals surface area (Å²) in [5.41, 5.74) is 4.65. The van der Waals surface area contributed by atoms with E-state index in [0.29, 0.717) is 17.5 Å². The van der Waals surface area contributed by atoms with Crippen molar-refractivity contribution >= 4 is 28.8 Å². The molecule has 1 unspecified atom stereocenters. The van der Waals surface area contributed by atoms with Crippen molar-refractivity contribution < 1.29 is 18.8 Å². The summed E-state index contributed by atoms with van der Waals surface area (Å²) in [6.45, 7) is 2.76. The standard InChI is InChI=1S/C27H26FN5O3/c28-21-13-20-18(15-33(27(20)36)24-3-4-25(34)31-26(24)35)12-19(21)17-5-9-32(10-6-17)14-16-1-2-22-23(11-16)30-8-7-29-22/h1-2,7-8,11-13,17,24H,3-6,9-10,14-15H2,(H,31,34,35). The highest BCUT2D eigenvalue weighted by atomic mass is 19.1. The topological polar surface area (TPSA) is 95.5 Å². The number of amides is 3. The second kappa shape index (κ2) is 9.05. The molecular formula is C27H26FN5O3. The normalized spacial score (nSPS) is 21.2. The Balaban J connectivity index is 1.13. The molecule has 184 valence electrons. The lowest BCUT2D eigenvalue weighted by Gasteiger charge is -2.32. The Labute approximate surface area is 207 Å². The minimum absolute atomic E-state index is 0.0776. The van der Waals surface area contributed by atoms with E-state index in [9.17, 15) is 14.4 Å². The smallest absolute Gasteiger partial charge is 0.255 e. The van der Waals surface area contributed by atoms with Crippen LogP contribution in [0.4, 0.5) is 4.39 Å². The molecule has 6 rings (SSSR count). The summed E-state index contributed by atoms with van der Waals surface area (Å²) in [5.74, 6) is -1.42. The minimum Gasteiger partial charge on any atom is -0.322 e. The molecule has 3 aromatic rings. The quantitative estimate of drug-likeness (QED) is 0.569. The third-order valence-corrected chi connectivity index (χ3v) is 7.61. The number of halogens is 1. The van der Waals surface area contributed by atoms with Crippen LogP contribution >= 0.6 is 0 Å². The van der Waals surface area contributed by atoms with Gasteiger partial charge in [0, 0.05) is 37.5 Å². The molecule has 3 aliphatic rings. The number of aromatic nitrogens is 2. The number of piperidine rings is 2. The van der Waals surface area contributed by atoms with Gasteiger partial charge in [0.2, 0.25) is 11.8 Å². The summed E-state index contributed by atoms with van der Waals surface area (Å²) in [7, 11) is 0. The van der Waals surface area contributed by atoms with Gasteiger partial charge in [-0.3, -0.25) is 34.6 Å².